The number of rotatable bonds is 3. The van der Waals surface area contributed by atoms with E-state index in [1.807, 2.05) is 0 Å². The highest BCUT2D eigenvalue weighted by atomic mass is 79.9. The molecule has 0 unspecified atom stereocenters. The van der Waals surface area contributed by atoms with Crippen LogP contribution in [0.3, 0.4) is 0 Å². The smallest absolute Gasteiger partial charge is 0.142 e. The fraction of sp³-hybridized carbons (Fsp3) is 0. The summed E-state index contributed by atoms with van der Waals surface area (Å²) in [5.74, 6) is 0.379. The van der Waals surface area contributed by atoms with Gasteiger partial charge in [0.15, 0.2) is 0 Å². The highest BCUT2D eigenvalue weighted by molar-refractivity contribution is 9.10. The molecule has 6 heteroatoms. The van der Waals surface area contributed by atoms with Crippen LogP contribution in [0.25, 0.3) is 0 Å². The van der Waals surface area contributed by atoms with Crippen LogP contribution < -0.4 is 10.5 Å². The van der Waals surface area contributed by atoms with Crippen molar-refractivity contribution in [3.8, 4) is 11.5 Å². The summed E-state index contributed by atoms with van der Waals surface area (Å²) < 4.78 is 19.5. The van der Waals surface area contributed by atoms with Gasteiger partial charge in [-0.15, -0.1) is 0 Å². The van der Waals surface area contributed by atoms with Gasteiger partial charge < -0.3 is 10.5 Å². The van der Waals surface area contributed by atoms with E-state index in [4.69, 9.17) is 34.3 Å². The van der Waals surface area contributed by atoms with Crippen LogP contribution in [0.15, 0.2) is 40.9 Å². The minimum atomic E-state index is -0.502. The molecule has 0 saturated heterocycles. The predicted molar refractivity (Wildman–Crippen MR) is 81.5 cm³/mol. The van der Waals surface area contributed by atoms with Crippen molar-refractivity contribution in [1.29, 1.82) is 0 Å². The normalized spacial score (nSPS) is 10.3. The number of ether oxygens (including phenoxy) is 1. The molecule has 0 bridgehead atoms. The lowest BCUT2D eigenvalue weighted by molar-refractivity contribution is 0.479. The van der Waals surface area contributed by atoms with Crippen LogP contribution in [0.1, 0.15) is 5.56 Å². The maximum atomic E-state index is 13.1. The summed E-state index contributed by atoms with van der Waals surface area (Å²) in [7, 11) is 0. The van der Waals surface area contributed by atoms with E-state index in [1.165, 1.54) is 18.2 Å². The summed E-state index contributed by atoms with van der Waals surface area (Å²) >= 11 is 14.0. The topological polar surface area (TPSA) is 35.2 Å². The van der Waals surface area contributed by atoms with Gasteiger partial charge in [0, 0.05) is 10.5 Å². The zero-order valence-corrected chi connectivity index (χ0v) is 12.7. The molecular formula is C13H8BrClFNOS. The molecule has 0 radical (unpaired) electrons. The van der Waals surface area contributed by atoms with Crippen molar-refractivity contribution < 1.29 is 9.13 Å². The maximum absolute atomic E-state index is 13.1. The van der Waals surface area contributed by atoms with Crippen LogP contribution in [-0.2, 0) is 0 Å². The van der Waals surface area contributed by atoms with Gasteiger partial charge in [0.2, 0.25) is 0 Å². The average Bonchev–Trinajstić information content (AvgIpc) is 2.33. The molecule has 0 amide bonds. The van der Waals surface area contributed by atoms with Gasteiger partial charge in [0.1, 0.15) is 22.3 Å². The quantitative estimate of drug-likeness (QED) is 0.808. The first-order valence-corrected chi connectivity index (χ1v) is 6.77. The third-order valence-corrected chi connectivity index (χ3v) is 3.33. The number of thiocarbonyl (C=S) groups is 1. The fourth-order valence-corrected chi connectivity index (χ4v) is 2.13. The van der Waals surface area contributed by atoms with Crippen LogP contribution in [0.4, 0.5) is 4.39 Å². The molecule has 2 aromatic rings. The number of halogens is 3. The standard InChI is InChI=1S/C13H8BrClFNOS/c14-7-1-3-9(13(17)19)12(5-7)18-8-2-4-11(16)10(15)6-8/h1-6H,(H2,17,19). The number of benzene rings is 2. The van der Waals surface area contributed by atoms with Crippen molar-refractivity contribution in [3.05, 3.63) is 57.3 Å². The number of hydrogen-bond acceptors (Lipinski definition) is 2. The lowest BCUT2D eigenvalue weighted by atomic mass is 10.2. The third kappa shape index (κ3) is 3.43. The predicted octanol–water partition coefficient (Wildman–Crippen LogP) is 4.67. The SMILES string of the molecule is NC(=S)c1ccc(Br)cc1Oc1ccc(F)c(Cl)c1. The largest absolute Gasteiger partial charge is 0.457 e. The van der Waals surface area contributed by atoms with Crippen LogP contribution >= 0.6 is 39.7 Å². The Hall–Kier alpha value is -1.17. The Morgan fingerprint density at radius 3 is 2.63 bits per heavy atom. The molecule has 2 N–H and O–H groups in total. The van der Waals surface area contributed by atoms with Gasteiger partial charge in [-0.3, -0.25) is 0 Å². The summed E-state index contributed by atoms with van der Waals surface area (Å²) in [4.78, 5) is 0.218. The summed E-state index contributed by atoms with van der Waals surface area (Å²) in [6.07, 6.45) is 0. The molecule has 0 aromatic heterocycles. The molecule has 0 fully saturated rings. The van der Waals surface area contributed by atoms with Crippen LogP contribution in [0.5, 0.6) is 11.5 Å². The van der Waals surface area contributed by atoms with Gasteiger partial charge in [-0.2, -0.15) is 0 Å². The van der Waals surface area contributed by atoms with Crippen molar-refractivity contribution in [2.75, 3.05) is 0 Å². The zero-order valence-electron chi connectivity index (χ0n) is 9.49. The van der Waals surface area contributed by atoms with E-state index in [1.54, 1.807) is 18.2 Å². The highest BCUT2D eigenvalue weighted by Gasteiger charge is 2.09. The van der Waals surface area contributed by atoms with E-state index < -0.39 is 5.82 Å². The Morgan fingerprint density at radius 2 is 2.00 bits per heavy atom. The van der Waals surface area contributed by atoms with Crippen molar-refractivity contribution in [2.45, 2.75) is 0 Å². The molecule has 0 aliphatic carbocycles. The summed E-state index contributed by atoms with van der Waals surface area (Å²) in [6.45, 7) is 0. The maximum Gasteiger partial charge on any atom is 0.142 e. The Labute approximate surface area is 128 Å². The van der Waals surface area contributed by atoms with E-state index >= 15 is 0 Å². The Bertz CT molecular complexity index is 651. The Morgan fingerprint density at radius 1 is 1.26 bits per heavy atom. The number of hydrogen-bond donors (Lipinski definition) is 1. The molecule has 0 atom stereocenters. The Kier molecular flexibility index (Phi) is 4.39. The minimum absolute atomic E-state index is 0.00984. The average molecular weight is 361 g/mol. The first-order chi connectivity index (χ1) is 8.97. The lowest BCUT2D eigenvalue weighted by Gasteiger charge is -2.11. The van der Waals surface area contributed by atoms with Crippen LogP contribution in [0.2, 0.25) is 5.02 Å². The second-order valence-electron chi connectivity index (χ2n) is 3.68. The highest BCUT2D eigenvalue weighted by Crippen LogP contribution is 2.30. The zero-order chi connectivity index (χ0) is 14.0. The molecule has 0 aliphatic heterocycles. The molecule has 2 aromatic carbocycles. The van der Waals surface area contributed by atoms with Gasteiger partial charge in [-0.05, 0) is 30.3 Å². The van der Waals surface area contributed by atoms with E-state index in [0.717, 1.165) is 4.47 Å². The Balaban J connectivity index is 2.39. The van der Waals surface area contributed by atoms with Crippen molar-refractivity contribution in [1.82, 2.24) is 0 Å². The summed E-state index contributed by atoms with van der Waals surface area (Å²) in [5.41, 5.74) is 6.22. The van der Waals surface area contributed by atoms with Crippen molar-refractivity contribution in [3.63, 3.8) is 0 Å². The van der Waals surface area contributed by atoms with E-state index in [2.05, 4.69) is 15.9 Å². The van der Waals surface area contributed by atoms with Crippen LogP contribution in [0, 0.1) is 5.82 Å². The van der Waals surface area contributed by atoms with Gasteiger partial charge in [0.25, 0.3) is 0 Å². The summed E-state index contributed by atoms with van der Waals surface area (Å²) in [5, 5.41) is -0.00984. The van der Waals surface area contributed by atoms with E-state index in [0.29, 0.717) is 17.1 Å². The van der Waals surface area contributed by atoms with E-state index in [-0.39, 0.29) is 10.0 Å². The molecule has 0 saturated carbocycles. The third-order valence-electron chi connectivity index (χ3n) is 2.33. The molecule has 2 nitrogen and oxygen atoms in total. The molecule has 2 rings (SSSR count). The second-order valence-corrected chi connectivity index (χ2v) is 5.45. The molecule has 98 valence electrons. The number of nitrogens with two attached hydrogens (primary N) is 1. The minimum Gasteiger partial charge on any atom is -0.457 e. The first-order valence-electron chi connectivity index (χ1n) is 5.19. The van der Waals surface area contributed by atoms with Crippen LogP contribution in [-0.4, -0.2) is 4.99 Å². The first kappa shape index (κ1) is 14.2. The van der Waals surface area contributed by atoms with E-state index in [9.17, 15) is 4.39 Å². The van der Waals surface area contributed by atoms with Gasteiger partial charge in [-0.1, -0.05) is 39.7 Å². The van der Waals surface area contributed by atoms with Gasteiger partial charge in [-0.25, -0.2) is 4.39 Å². The molecule has 19 heavy (non-hydrogen) atoms. The molecular weight excluding hydrogens is 353 g/mol. The molecule has 0 aliphatic rings. The lowest BCUT2D eigenvalue weighted by Crippen LogP contribution is -2.10. The monoisotopic (exact) mass is 359 g/mol. The molecule has 0 heterocycles. The van der Waals surface area contributed by atoms with Crippen molar-refractivity contribution >= 4 is 44.7 Å². The van der Waals surface area contributed by atoms with Gasteiger partial charge in [0.05, 0.1) is 10.6 Å². The fourth-order valence-electron chi connectivity index (χ4n) is 1.45. The molecule has 0 spiro atoms. The van der Waals surface area contributed by atoms with Gasteiger partial charge >= 0.3 is 0 Å². The van der Waals surface area contributed by atoms with Crippen molar-refractivity contribution in [2.24, 2.45) is 5.73 Å². The second kappa shape index (κ2) is 5.86. The summed E-state index contributed by atoms with van der Waals surface area (Å²) in [6, 6.07) is 9.38.